The lowest BCUT2D eigenvalue weighted by molar-refractivity contribution is -0.253. The van der Waals surface area contributed by atoms with E-state index in [1.165, 1.54) is 30.6 Å². The fourth-order valence-electron chi connectivity index (χ4n) is 6.93. The van der Waals surface area contributed by atoms with Crippen LogP contribution in [0.25, 0.3) is 0 Å². The Bertz CT molecular complexity index is 1570. The van der Waals surface area contributed by atoms with Gasteiger partial charge in [-0.05, 0) is 35.1 Å². The third-order valence-corrected chi connectivity index (χ3v) is 9.60. The van der Waals surface area contributed by atoms with Crippen LogP contribution in [0.15, 0.2) is 91.5 Å². The molecule has 3 amide bonds. The molecule has 2 N–H and O–H groups in total. The number of carbonyl (C=O) groups is 3. The summed E-state index contributed by atoms with van der Waals surface area (Å²) in [5.74, 6) is -0.820. The lowest BCUT2D eigenvalue weighted by Crippen LogP contribution is -2.43. The maximum absolute atomic E-state index is 13.1. The van der Waals surface area contributed by atoms with Crippen LogP contribution in [-0.2, 0) is 43.6 Å². The number of imide groups is 1. The fourth-order valence-corrected chi connectivity index (χ4v) is 6.93. The van der Waals surface area contributed by atoms with Crippen molar-refractivity contribution in [3.05, 3.63) is 119 Å². The van der Waals surface area contributed by atoms with E-state index in [1.54, 1.807) is 0 Å². The van der Waals surface area contributed by atoms with E-state index >= 15 is 0 Å². The van der Waals surface area contributed by atoms with E-state index in [1.807, 2.05) is 84.9 Å². The quantitative estimate of drug-likeness (QED) is 0.176. The van der Waals surface area contributed by atoms with Gasteiger partial charge in [0, 0.05) is 31.1 Å². The predicted octanol–water partition coefficient (Wildman–Crippen LogP) is 5.71. The Labute approximate surface area is 287 Å². The van der Waals surface area contributed by atoms with Gasteiger partial charge >= 0.3 is 6.09 Å². The van der Waals surface area contributed by atoms with E-state index in [0.29, 0.717) is 12.5 Å². The van der Waals surface area contributed by atoms with E-state index < -0.39 is 24.3 Å². The summed E-state index contributed by atoms with van der Waals surface area (Å²) >= 11 is 0. The van der Waals surface area contributed by atoms with Crippen LogP contribution >= 0.6 is 0 Å². The monoisotopic (exact) mass is 667 g/mol. The van der Waals surface area contributed by atoms with E-state index in [4.69, 9.17) is 14.2 Å². The van der Waals surface area contributed by atoms with Gasteiger partial charge in [0.1, 0.15) is 12.6 Å². The van der Waals surface area contributed by atoms with E-state index in [-0.39, 0.29) is 44.3 Å². The van der Waals surface area contributed by atoms with Crippen molar-refractivity contribution < 1.29 is 33.7 Å². The standard InChI is InChI=1S/C39H45N3O7/c1-2-20-41(32-10-6-7-11-32)24-33-21-35(30-16-14-28(25-43)15-17-30)49-38(48-33)31-18-12-27(13-19-31)23-42-36(44)22-34(37(42)45)40-39(46)47-26-29-8-4-3-5-9-29/h2-5,8-9,12-19,32-35,38,43H,1,6-7,10-11,20-26H2,(H,40,46). The second-order valence-electron chi connectivity index (χ2n) is 13.1. The first-order valence-corrected chi connectivity index (χ1v) is 17.2. The Morgan fingerprint density at radius 3 is 2.33 bits per heavy atom. The highest BCUT2D eigenvalue weighted by molar-refractivity contribution is 6.06. The molecule has 0 radical (unpaired) electrons. The summed E-state index contributed by atoms with van der Waals surface area (Å²) in [7, 11) is 0. The maximum atomic E-state index is 13.1. The second-order valence-corrected chi connectivity index (χ2v) is 13.1. The molecule has 2 heterocycles. The molecule has 10 heteroatoms. The summed E-state index contributed by atoms with van der Waals surface area (Å²) in [6.07, 6.45) is 5.76. The summed E-state index contributed by atoms with van der Waals surface area (Å²) in [4.78, 5) is 41.9. The summed E-state index contributed by atoms with van der Waals surface area (Å²) in [5, 5.41) is 12.1. The molecule has 3 aromatic rings. The third kappa shape index (κ3) is 8.82. The molecule has 10 nitrogen and oxygen atoms in total. The first-order chi connectivity index (χ1) is 23.9. The van der Waals surface area contributed by atoms with Crippen molar-refractivity contribution >= 4 is 17.9 Å². The minimum absolute atomic E-state index is 0.0164. The summed E-state index contributed by atoms with van der Waals surface area (Å²) in [5.41, 5.74) is 4.29. The predicted molar refractivity (Wildman–Crippen MR) is 183 cm³/mol. The number of hydrogen-bond donors (Lipinski definition) is 2. The van der Waals surface area contributed by atoms with Crippen molar-refractivity contribution in [1.29, 1.82) is 0 Å². The van der Waals surface area contributed by atoms with Crippen molar-refractivity contribution in [3.8, 4) is 0 Å². The number of alkyl carbamates (subject to hydrolysis) is 1. The molecule has 3 aliphatic rings. The van der Waals surface area contributed by atoms with Gasteiger partial charge < -0.3 is 24.6 Å². The lowest BCUT2D eigenvalue weighted by atomic mass is 9.99. The molecule has 4 atom stereocenters. The second kappa shape index (κ2) is 16.4. The van der Waals surface area contributed by atoms with E-state index in [0.717, 1.165) is 40.9 Å². The van der Waals surface area contributed by atoms with Gasteiger partial charge in [0.25, 0.3) is 5.91 Å². The van der Waals surface area contributed by atoms with Gasteiger partial charge in [-0.3, -0.25) is 19.4 Å². The minimum atomic E-state index is -0.968. The van der Waals surface area contributed by atoms with Gasteiger partial charge in [0.05, 0.1) is 31.8 Å². The lowest BCUT2D eigenvalue weighted by Gasteiger charge is -2.39. The first-order valence-electron chi connectivity index (χ1n) is 17.2. The number of aliphatic hydroxyl groups is 1. The summed E-state index contributed by atoms with van der Waals surface area (Å²) in [6.45, 7) is 5.71. The highest BCUT2D eigenvalue weighted by Gasteiger charge is 2.40. The Kier molecular flexibility index (Phi) is 11.5. The SMILES string of the molecule is C=CCN(CC1CC(c2ccc(CO)cc2)OC(c2ccc(CN3C(=O)CC(NC(=O)OCc4ccccc4)C3=O)cc2)O1)C1CCCC1. The molecule has 6 rings (SSSR count). The Hall–Kier alpha value is -4.35. The van der Waals surface area contributed by atoms with Crippen LogP contribution in [0.1, 0.15) is 78.7 Å². The van der Waals surface area contributed by atoms with Crippen molar-refractivity contribution in [2.24, 2.45) is 0 Å². The highest BCUT2D eigenvalue weighted by Crippen LogP contribution is 2.39. The molecular weight excluding hydrogens is 622 g/mol. The number of aliphatic hydroxyl groups excluding tert-OH is 1. The van der Waals surface area contributed by atoms with Gasteiger partial charge in [0.2, 0.25) is 5.91 Å². The number of hydrogen-bond acceptors (Lipinski definition) is 8. The van der Waals surface area contributed by atoms with Crippen LogP contribution in [0.4, 0.5) is 4.79 Å². The van der Waals surface area contributed by atoms with Crippen LogP contribution in [0.3, 0.4) is 0 Å². The molecular formula is C39H45N3O7. The Balaban J connectivity index is 1.10. The molecule has 0 bridgehead atoms. The summed E-state index contributed by atoms with van der Waals surface area (Å²) < 4.78 is 18.4. The zero-order valence-electron chi connectivity index (χ0n) is 27.7. The van der Waals surface area contributed by atoms with Crippen LogP contribution in [0.2, 0.25) is 0 Å². The largest absolute Gasteiger partial charge is 0.445 e. The van der Waals surface area contributed by atoms with Crippen molar-refractivity contribution in [1.82, 2.24) is 15.1 Å². The smallest absolute Gasteiger partial charge is 0.408 e. The van der Waals surface area contributed by atoms with Crippen LogP contribution in [-0.4, -0.2) is 64.1 Å². The molecule has 1 saturated carbocycles. The van der Waals surface area contributed by atoms with Gasteiger partial charge in [0.15, 0.2) is 6.29 Å². The number of carbonyl (C=O) groups excluding carboxylic acids is 3. The topological polar surface area (TPSA) is 118 Å². The van der Waals surface area contributed by atoms with Crippen LogP contribution < -0.4 is 5.32 Å². The molecule has 49 heavy (non-hydrogen) atoms. The number of benzene rings is 3. The number of ether oxygens (including phenoxy) is 3. The number of nitrogens with one attached hydrogen (secondary N) is 1. The fraction of sp³-hybridized carbons (Fsp3) is 0.410. The van der Waals surface area contributed by atoms with Gasteiger partial charge in [-0.1, -0.05) is 97.8 Å². The van der Waals surface area contributed by atoms with Crippen molar-refractivity contribution in [2.75, 3.05) is 13.1 Å². The molecule has 2 aliphatic heterocycles. The van der Waals surface area contributed by atoms with Gasteiger partial charge in [-0.25, -0.2) is 4.79 Å². The van der Waals surface area contributed by atoms with Crippen molar-refractivity contribution in [2.45, 2.75) is 88.9 Å². The average Bonchev–Trinajstić information content (AvgIpc) is 3.76. The minimum Gasteiger partial charge on any atom is -0.445 e. The summed E-state index contributed by atoms with van der Waals surface area (Å²) in [6, 6.07) is 24.2. The number of likely N-dealkylation sites (tertiary alicyclic amines) is 1. The Morgan fingerprint density at radius 1 is 0.939 bits per heavy atom. The average molecular weight is 668 g/mol. The van der Waals surface area contributed by atoms with Gasteiger partial charge in [-0.2, -0.15) is 0 Å². The first kappa shape index (κ1) is 34.5. The van der Waals surface area contributed by atoms with E-state index in [9.17, 15) is 19.5 Å². The van der Waals surface area contributed by atoms with Crippen LogP contribution in [0, 0.1) is 0 Å². The molecule has 0 spiro atoms. The Morgan fingerprint density at radius 2 is 1.63 bits per heavy atom. The molecule has 3 aromatic carbocycles. The van der Waals surface area contributed by atoms with E-state index in [2.05, 4.69) is 16.8 Å². The van der Waals surface area contributed by atoms with Crippen molar-refractivity contribution in [3.63, 3.8) is 0 Å². The number of amides is 3. The molecule has 0 aromatic heterocycles. The molecule has 1 aliphatic carbocycles. The number of rotatable bonds is 13. The number of nitrogens with zero attached hydrogens (tertiary/aromatic N) is 2. The highest BCUT2D eigenvalue weighted by atomic mass is 16.7. The molecule has 4 unspecified atom stereocenters. The maximum Gasteiger partial charge on any atom is 0.408 e. The normalized spacial score (nSPS) is 22.9. The molecule has 3 fully saturated rings. The molecule has 258 valence electrons. The zero-order valence-corrected chi connectivity index (χ0v) is 27.7. The van der Waals surface area contributed by atoms with Crippen LogP contribution in [0.5, 0.6) is 0 Å². The third-order valence-electron chi connectivity index (χ3n) is 9.60. The molecule has 2 saturated heterocycles. The van der Waals surface area contributed by atoms with Gasteiger partial charge in [-0.15, -0.1) is 6.58 Å². The zero-order chi connectivity index (χ0) is 34.2.